The number of para-hydroxylation sites is 1. The average Bonchev–Trinajstić information content (AvgIpc) is 2.12. The predicted molar refractivity (Wildman–Crippen MR) is 57.9 cm³/mol. The Labute approximate surface area is 87.1 Å². The third kappa shape index (κ3) is 1.38. The Bertz CT molecular complexity index is 367. The summed E-state index contributed by atoms with van der Waals surface area (Å²) in [6.45, 7) is 0.458. The largest absolute Gasteiger partial charge is 0.484 e. The van der Waals surface area contributed by atoms with Crippen LogP contribution in [0.15, 0.2) is 18.2 Å². The van der Waals surface area contributed by atoms with E-state index in [1.807, 2.05) is 30.1 Å². The van der Waals surface area contributed by atoms with Crippen LogP contribution < -0.4 is 9.64 Å². The summed E-state index contributed by atoms with van der Waals surface area (Å²) in [6, 6.07) is 5.58. The van der Waals surface area contributed by atoms with Gasteiger partial charge in [-0.15, -0.1) is 0 Å². The molecule has 1 aliphatic heterocycles. The van der Waals surface area contributed by atoms with Crippen LogP contribution in [0.25, 0.3) is 0 Å². The van der Waals surface area contributed by atoms with Crippen molar-refractivity contribution in [3.05, 3.63) is 23.2 Å². The fraction of sp³-hybridized carbons (Fsp3) is 0.222. The number of thiocarbonyl (C=S) groups is 1. The number of hydrogen-bond acceptors (Lipinski definition) is 2. The van der Waals surface area contributed by atoms with Crippen molar-refractivity contribution in [3.8, 4) is 5.75 Å². The third-order valence-corrected chi connectivity index (χ3v) is 2.71. The van der Waals surface area contributed by atoms with Crippen molar-refractivity contribution in [2.24, 2.45) is 0 Å². The lowest BCUT2D eigenvalue weighted by atomic mass is 10.2. The van der Waals surface area contributed by atoms with Crippen molar-refractivity contribution >= 4 is 34.5 Å². The van der Waals surface area contributed by atoms with Crippen LogP contribution in [0.5, 0.6) is 5.75 Å². The quantitative estimate of drug-likeness (QED) is 0.615. The molecule has 0 fully saturated rings. The summed E-state index contributed by atoms with van der Waals surface area (Å²) in [4.78, 5) is 2.64. The molecule has 0 amide bonds. The molecule has 0 bridgehead atoms. The van der Waals surface area contributed by atoms with Gasteiger partial charge in [-0.3, -0.25) is 0 Å². The second kappa shape index (κ2) is 3.16. The molecule has 2 nitrogen and oxygen atoms in total. The molecule has 68 valence electrons. The van der Waals surface area contributed by atoms with E-state index in [9.17, 15) is 0 Å². The van der Waals surface area contributed by atoms with E-state index in [1.54, 1.807) is 0 Å². The van der Waals surface area contributed by atoms with Gasteiger partial charge in [0.1, 0.15) is 23.0 Å². The SMILES string of the molecule is CN1C(=S)COc2cccc(Cl)c21. The van der Waals surface area contributed by atoms with Crippen LogP contribution in [-0.4, -0.2) is 18.6 Å². The summed E-state index contributed by atoms with van der Waals surface area (Å²) in [5.41, 5.74) is 0.861. The maximum Gasteiger partial charge on any atom is 0.145 e. The van der Waals surface area contributed by atoms with Crippen molar-refractivity contribution in [1.82, 2.24) is 0 Å². The lowest BCUT2D eigenvalue weighted by Gasteiger charge is -2.28. The van der Waals surface area contributed by atoms with Crippen LogP contribution in [0, 0.1) is 0 Å². The first-order chi connectivity index (χ1) is 6.20. The van der Waals surface area contributed by atoms with Crippen LogP contribution in [-0.2, 0) is 0 Å². The predicted octanol–water partition coefficient (Wildman–Crippen LogP) is 2.50. The Kier molecular flexibility index (Phi) is 2.14. The number of ether oxygens (including phenoxy) is 1. The van der Waals surface area contributed by atoms with Crippen molar-refractivity contribution in [2.45, 2.75) is 0 Å². The monoisotopic (exact) mass is 213 g/mol. The second-order valence-electron chi connectivity index (χ2n) is 2.83. The van der Waals surface area contributed by atoms with Gasteiger partial charge in [0.15, 0.2) is 0 Å². The van der Waals surface area contributed by atoms with Crippen molar-refractivity contribution in [1.29, 1.82) is 0 Å². The molecule has 1 aliphatic rings. The fourth-order valence-corrected chi connectivity index (χ4v) is 1.74. The number of likely N-dealkylation sites (N-methyl/N-ethyl adjacent to an activating group) is 1. The van der Waals surface area contributed by atoms with E-state index < -0.39 is 0 Å². The van der Waals surface area contributed by atoms with Gasteiger partial charge in [-0.25, -0.2) is 0 Å². The summed E-state index contributed by atoms with van der Waals surface area (Å²) in [5, 5.41) is 0.669. The number of benzene rings is 1. The zero-order valence-corrected chi connectivity index (χ0v) is 8.65. The third-order valence-electron chi connectivity index (χ3n) is 2.01. The average molecular weight is 214 g/mol. The summed E-state index contributed by atoms with van der Waals surface area (Å²) >= 11 is 11.1. The second-order valence-corrected chi connectivity index (χ2v) is 3.71. The highest BCUT2D eigenvalue weighted by Gasteiger charge is 2.21. The van der Waals surface area contributed by atoms with Gasteiger partial charge in [0.05, 0.1) is 5.02 Å². The molecule has 4 heteroatoms. The lowest BCUT2D eigenvalue weighted by Crippen LogP contribution is -2.34. The lowest BCUT2D eigenvalue weighted by molar-refractivity contribution is 0.370. The topological polar surface area (TPSA) is 12.5 Å². The Morgan fingerprint density at radius 3 is 3.08 bits per heavy atom. The minimum absolute atomic E-state index is 0.458. The molecule has 0 unspecified atom stereocenters. The highest BCUT2D eigenvalue weighted by molar-refractivity contribution is 7.80. The molecule has 0 aromatic heterocycles. The van der Waals surface area contributed by atoms with Crippen LogP contribution >= 0.6 is 23.8 Å². The molecule has 1 aromatic rings. The summed E-state index contributed by atoms with van der Waals surface area (Å²) in [7, 11) is 1.90. The van der Waals surface area contributed by atoms with Gasteiger partial charge in [0, 0.05) is 7.05 Å². The maximum atomic E-state index is 6.02. The molecule has 0 N–H and O–H groups in total. The molecule has 0 saturated carbocycles. The Hall–Kier alpha value is -0.800. The maximum absolute atomic E-state index is 6.02. The molecule has 0 radical (unpaired) electrons. The van der Waals surface area contributed by atoms with E-state index >= 15 is 0 Å². The first-order valence-electron chi connectivity index (χ1n) is 3.88. The van der Waals surface area contributed by atoms with Gasteiger partial charge >= 0.3 is 0 Å². The number of rotatable bonds is 0. The number of hydrogen-bond donors (Lipinski definition) is 0. The molecule has 0 spiro atoms. The normalized spacial score (nSPS) is 15.2. The molecule has 1 aromatic carbocycles. The standard InChI is InChI=1S/C9H8ClNOS/c1-11-8(13)5-12-7-4-2-3-6(10)9(7)11/h2-4H,5H2,1H3. The van der Waals surface area contributed by atoms with E-state index in [0.29, 0.717) is 11.6 Å². The van der Waals surface area contributed by atoms with Crippen molar-refractivity contribution in [2.75, 3.05) is 18.6 Å². The minimum Gasteiger partial charge on any atom is -0.484 e. The minimum atomic E-state index is 0.458. The smallest absolute Gasteiger partial charge is 0.145 e. The van der Waals surface area contributed by atoms with E-state index in [1.165, 1.54) is 0 Å². The van der Waals surface area contributed by atoms with E-state index in [-0.39, 0.29) is 0 Å². The van der Waals surface area contributed by atoms with Crippen LogP contribution in [0.1, 0.15) is 0 Å². The first kappa shape index (κ1) is 8.78. The molecular formula is C9H8ClNOS. The number of nitrogens with zero attached hydrogens (tertiary/aromatic N) is 1. The highest BCUT2D eigenvalue weighted by atomic mass is 35.5. The van der Waals surface area contributed by atoms with Crippen molar-refractivity contribution < 1.29 is 4.74 Å². The summed E-state index contributed by atoms with van der Waals surface area (Å²) < 4.78 is 5.42. The molecular weight excluding hydrogens is 206 g/mol. The zero-order valence-electron chi connectivity index (χ0n) is 7.08. The van der Waals surface area contributed by atoms with Gasteiger partial charge in [0.2, 0.25) is 0 Å². The molecule has 2 rings (SSSR count). The van der Waals surface area contributed by atoms with Gasteiger partial charge in [-0.2, -0.15) is 0 Å². The summed E-state index contributed by atoms with van der Waals surface area (Å²) in [5.74, 6) is 0.795. The van der Waals surface area contributed by atoms with Crippen LogP contribution in [0.3, 0.4) is 0 Å². The molecule has 0 aliphatic carbocycles. The highest BCUT2D eigenvalue weighted by Crippen LogP contribution is 2.37. The fourth-order valence-electron chi connectivity index (χ4n) is 1.30. The van der Waals surface area contributed by atoms with Gasteiger partial charge in [-0.1, -0.05) is 29.9 Å². The van der Waals surface area contributed by atoms with Crippen molar-refractivity contribution in [3.63, 3.8) is 0 Å². The Balaban J connectivity index is 2.57. The van der Waals surface area contributed by atoms with Crippen LogP contribution in [0.4, 0.5) is 5.69 Å². The van der Waals surface area contributed by atoms with E-state index in [4.69, 9.17) is 28.6 Å². The number of fused-ring (bicyclic) bond motifs is 1. The zero-order chi connectivity index (χ0) is 9.42. The van der Waals surface area contributed by atoms with E-state index in [0.717, 1.165) is 16.4 Å². The first-order valence-corrected chi connectivity index (χ1v) is 4.66. The van der Waals surface area contributed by atoms with Gasteiger partial charge in [0.25, 0.3) is 0 Å². The molecule has 0 saturated heterocycles. The number of anilines is 1. The molecule has 0 atom stereocenters. The molecule has 1 heterocycles. The van der Waals surface area contributed by atoms with E-state index in [2.05, 4.69) is 0 Å². The van der Waals surface area contributed by atoms with Gasteiger partial charge < -0.3 is 9.64 Å². The molecule has 13 heavy (non-hydrogen) atoms. The van der Waals surface area contributed by atoms with Gasteiger partial charge in [-0.05, 0) is 12.1 Å². The number of halogens is 1. The van der Waals surface area contributed by atoms with Crippen LogP contribution in [0.2, 0.25) is 5.02 Å². The Morgan fingerprint density at radius 1 is 1.54 bits per heavy atom. The Morgan fingerprint density at radius 2 is 2.31 bits per heavy atom. The summed E-state index contributed by atoms with van der Waals surface area (Å²) in [6.07, 6.45) is 0.